The predicted molar refractivity (Wildman–Crippen MR) is 215 cm³/mol. The van der Waals surface area contributed by atoms with E-state index < -0.39 is 5.60 Å². The first-order chi connectivity index (χ1) is 24.9. The minimum absolute atomic E-state index is 0. The fourth-order valence-corrected chi connectivity index (χ4v) is 5.20. The van der Waals surface area contributed by atoms with Crippen molar-refractivity contribution in [2.45, 2.75) is 130 Å². The average Bonchev–Trinajstić information content (AvgIpc) is 3.07. The number of carbonyl (C=O) groups excluding carboxylic acids is 5. The fourth-order valence-electron chi connectivity index (χ4n) is 4.11. The molecule has 0 spiro atoms. The van der Waals surface area contributed by atoms with Crippen LogP contribution in [0.1, 0.15) is 141 Å². The zero-order chi connectivity index (χ0) is 40.7. The average molecular weight is 1020 g/mol. The number of ether oxygens (including phenoxy) is 3. The van der Waals surface area contributed by atoms with Crippen molar-refractivity contribution in [3.05, 3.63) is 56.5 Å². The summed E-state index contributed by atoms with van der Waals surface area (Å²) in [5.74, 6) is 0.429. The Morgan fingerprint density at radius 2 is 1.09 bits per heavy atom. The molecule has 0 aliphatic heterocycles. The van der Waals surface area contributed by atoms with Crippen LogP contribution in [0.2, 0.25) is 0 Å². The molecule has 0 saturated carbocycles. The number of hydrogen-bond acceptors (Lipinski definition) is 11. The molecule has 0 aliphatic carbocycles. The molecular weight excluding hydrogens is 962 g/mol. The summed E-state index contributed by atoms with van der Waals surface area (Å²) in [6.07, 6.45) is 13.1. The van der Waals surface area contributed by atoms with E-state index in [0.717, 1.165) is 65.5 Å². The third kappa shape index (κ3) is 41.0. The molecule has 0 heterocycles. The number of hydrogen-bond donors (Lipinski definition) is 1. The number of phenolic OH excluding ortho intramolecular Hbond substituents is 1. The van der Waals surface area contributed by atoms with Crippen LogP contribution in [0.3, 0.4) is 0 Å². The topological polar surface area (TPSA) is 166 Å². The molecule has 2 aromatic carbocycles. The van der Waals surface area contributed by atoms with Gasteiger partial charge >= 0.3 is 115 Å². The smallest absolute Gasteiger partial charge is 1.00 e. The maximum absolute atomic E-state index is 11.6. The largest absolute Gasteiger partial charge is 1.00 e. The van der Waals surface area contributed by atoms with Crippen LogP contribution in [0.15, 0.2) is 45.3 Å². The number of benzene rings is 2. The molecular formula is C39H57Br3K2O11. The summed E-state index contributed by atoms with van der Waals surface area (Å²) in [6, 6.07) is 10.1. The Kier molecular flexibility index (Phi) is 43.7. The van der Waals surface area contributed by atoms with Crippen molar-refractivity contribution in [3.63, 3.8) is 0 Å². The number of alkyl halides is 1. The third-order valence-corrected chi connectivity index (χ3v) is 7.95. The first-order valence-electron chi connectivity index (χ1n) is 17.5. The zero-order valence-electron chi connectivity index (χ0n) is 34.8. The van der Waals surface area contributed by atoms with Crippen molar-refractivity contribution in [1.29, 1.82) is 0 Å². The van der Waals surface area contributed by atoms with Gasteiger partial charge in [0.1, 0.15) is 22.7 Å². The van der Waals surface area contributed by atoms with E-state index in [0.29, 0.717) is 42.6 Å². The van der Waals surface area contributed by atoms with E-state index in [4.69, 9.17) is 29.4 Å². The van der Waals surface area contributed by atoms with Gasteiger partial charge in [0.2, 0.25) is 0 Å². The van der Waals surface area contributed by atoms with Gasteiger partial charge in [-0.2, -0.15) is 0 Å². The number of rotatable bonds is 19. The van der Waals surface area contributed by atoms with Crippen LogP contribution in [0.25, 0.3) is 0 Å². The fraction of sp³-hybridized carbons (Fsp3) is 0.564. The molecule has 16 heteroatoms. The molecule has 0 aromatic heterocycles. The van der Waals surface area contributed by atoms with Gasteiger partial charge in [-0.15, -0.1) is 0 Å². The first-order valence-corrected chi connectivity index (χ1v) is 20.2. The van der Waals surface area contributed by atoms with Crippen LogP contribution >= 0.6 is 47.8 Å². The Hall–Kier alpha value is 0.463. The predicted octanol–water partition coefficient (Wildman–Crippen LogP) is 3.91. The molecule has 0 unspecified atom stereocenters. The van der Waals surface area contributed by atoms with Crippen LogP contribution in [-0.2, 0) is 28.7 Å². The van der Waals surface area contributed by atoms with E-state index in [1.807, 2.05) is 53.7 Å². The van der Waals surface area contributed by atoms with E-state index in [2.05, 4.69) is 52.7 Å². The minimum atomic E-state index is -0.402. The second kappa shape index (κ2) is 38.7. The van der Waals surface area contributed by atoms with Crippen LogP contribution in [0.5, 0.6) is 11.5 Å². The molecule has 2 aromatic rings. The standard InChI is InChI=1S/C19H27BrO4.C12H23BrO2.C7H5BrO2.CH2O3.2K.H/c1-19(2,3)24-18(22)9-7-5-4-6-8-12-23-17-13-16(20)11-10-15(17)14-21;1-12(2,3)15-11(14)9-7-5-4-6-8-10-13;8-6-2-1-5(4-9)7(10)3-6;2-1-4-3;;;/h10-11,13-14H,4-9,12H2,1-3H3;4-10H2,1-3H3;1-4,10H;1,3H;;;/q;;;;2*+1;-1/p-1. The van der Waals surface area contributed by atoms with E-state index >= 15 is 0 Å². The maximum atomic E-state index is 11.6. The second-order valence-electron chi connectivity index (χ2n) is 13.6. The number of aldehydes is 2. The number of carbonyl (C=O) groups is 5. The molecule has 0 aliphatic rings. The van der Waals surface area contributed by atoms with Gasteiger partial charge < -0.3 is 30.9 Å². The van der Waals surface area contributed by atoms with Gasteiger partial charge in [-0.3, -0.25) is 24.0 Å². The van der Waals surface area contributed by atoms with Crippen LogP contribution in [0.4, 0.5) is 0 Å². The van der Waals surface area contributed by atoms with Crippen LogP contribution < -0.4 is 113 Å². The Balaban J connectivity index is -0.000000232. The molecule has 0 amide bonds. The van der Waals surface area contributed by atoms with Crippen LogP contribution in [0, 0.1) is 0 Å². The number of esters is 2. The van der Waals surface area contributed by atoms with Crippen molar-refractivity contribution in [1.82, 2.24) is 0 Å². The van der Waals surface area contributed by atoms with Crippen molar-refractivity contribution in [2.24, 2.45) is 0 Å². The van der Waals surface area contributed by atoms with Gasteiger partial charge in [0, 0.05) is 27.1 Å². The van der Waals surface area contributed by atoms with Gasteiger partial charge in [-0.05, 0) is 104 Å². The second-order valence-corrected chi connectivity index (χ2v) is 16.2. The maximum Gasteiger partial charge on any atom is 1.00 e. The van der Waals surface area contributed by atoms with Crippen LogP contribution in [-0.4, -0.2) is 59.2 Å². The SMILES string of the molecule is CC(C)(C)OC(=O)CCCCCCCBr.CC(C)(C)OC(=O)CCCCCCCOc1cc(Br)ccc1C=O.O=CO[O-].O=Cc1ccc(Br)cc1O.[H-].[K+].[K+]. The summed E-state index contributed by atoms with van der Waals surface area (Å²) < 4.78 is 17.8. The zero-order valence-corrected chi connectivity index (χ0v) is 44.8. The van der Waals surface area contributed by atoms with Gasteiger partial charge in [0.05, 0.1) is 17.7 Å². The summed E-state index contributed by atoms with van der Waals surface area (Å²) >= 11 is 9.92. The Bertz CT molecular complexity index is 1340. The van der Waals surface area contributed by atoms with Crippen molar-refractivity contribution in [2.75, 3.05) is 11.9 Å². The Labute approximate surface area is 439 Å². The summed E-state index contributed by atoms with van der Waals surface area (Å²) in [7, 11) is 0. The molecule has 302 valence electrons. The monoisotopic (exact) mass is 1020 g/mol. The van der Waals surface area contributed by atoms with Gasteiger partial charge in [-0.25, -0.2) is 0 Å². The minimum Gasteiger partial charge on any atom is -1.00 e. The molecule has 11 nitrogen and oxygen atoms in total. The van der Waals surface area contributed by atoms with Gasteiger partial charge in [-0.1, -0.05) is 86.3 Å². The molecule has 0 saturated heterocycles. The van der Waals surface area contributed by atoms with Gasteiger partial charge in [0.25, 0.3) is 6.47 Å². The van der Waals surface area contributed by atoms with E-state index in [1.165, 1.54) is 25.3 Å². The van der Waals surface area contributed by atoms with Crippen molar-refractivity contribution < 1.29 is 158 Å². The normalized spacial score (nSPS) is 10.1. The number of unbranched alkanes of at least 4 members (excludes halogenated alkanes) is 8. The Morgan fingerprint density at radius 3 is 1.49 bits per heavy atom. The van der Waals surface area contributed by atoms with E-state index in [9.17, 15) is 19.2 Å². The van der Waals surface area contributed by atoms with Crippen molar-refractivity contribution >= 4 is 78.8 Å². The van der Waals surface area contributed by atoms with E-state index in [1.54, 1.807) is 18.2 Å². The third-order valence-electron chi connectivity index (χ3n) is 6.40. The number of halogens is 3. The van der Waals surface area contributed by atoms with Gasteiger partial charge in [0.15, 0.2) is 12.6 Å². The molecule has 0 atom stereocenters. The molecule has 0 radical (unpaired) electrons. The summed E-state index contributed by atoms with van der Waals surface area (Å²) in [5.41, 5.74) is 0.132. The summed E-state index contributed by atoms with van der Waals surface area (Å²) in [6.45, 7) is 11.8. The summed E-state index contributed by atoms with van der Waals surface area (Å²) in [4.78, 5) is 55.2. The summed E-state index contributed by atoms with van der Waals surface area (Å²) in [5, 5.41) is 18.5. The quantitative estimate of drug-likeness (QED) is 0.0413. The Morgan fingerprint density at radius 1 is 0.691 bits per heavy atom. The number of aromatic hydroxyl groups is 1. The number of phenols is 1. The first kappa shape index (κ1) is 62.1. The molecule has 1 N–H and O–H groups in total. The van der Waals surface area contributed by atoms with E-state index in [-0.39, 0.29) is 134 Å². The van der Waals surface area contributed by atoms with Crippen molar-refractivity contribution in [3.8, 4) is 11.5 Å². The molecule has 55 heavy (non-hydrogen) atoms. The molecule has 0 bridgehead atoms. The molecule has 0 fully saturated rings. The molecule has 2 rings (SSSR count).